The molecular formula is C10H11ClN2S2. The van der Waals surface area contributed by atoms with Crippen molar-refractivity contribution in [3.8, 4) is 0 Å². The lowest BCUT2D eigenvalue weighted by Gasteiger charge is -2.06. The molecule has 0 aromatic carbocycles. The van der Waals surface area contributed by atoms with Gasteiger partial charge in [-0.3, -0.25) is 0 Å². The highest BCUT2D eigenvalue weighted by molar-refractivity contribution is 7.99. The summed E-state index contributed by atoms with van der Waals surface area (Å²) in [6, 6.07) is 2.02. The van der Waals surface area contributed by atoms with Gasteiger partial charge >= 0.3 is 0 Å². The van der Waals surface area contributed by atoms with Crippen LogP contribution < -0.4 is 0 Å². The molecule has 0 radical (unpaired) electrons. The van der Waals surface area contributed by atoms with Gasteiger partial charge in [0, 0.05) is 11.6 Å². The molecule has 0 aliphatic rings. The van der Waals surface area contributed by atoms with E-state index in [-0.39, 0.29) is 0 Å². The van der Waals surface area contributed by atoms with Crippen LogP contribution >= 0.6 is 34.7 Å². The lowest BCUT2D eigenvalue weighted by Crippen LogP contribution is -1.99. The van der Waals surface area contributed by atoms with E-state index in [2.05, 4.69) is 16.9 Å². The van der Waals surface area contributed by atoms with Gasteiger partial charge in [0.05, 0.1) is 10.2 Å². The maximum absolute atomic E-state index is 5.77. The van der Waals surface area contributed by atoms with Crippen LogP contribution in [0.25, 0.3) is 10.2 Å². The SMILES string of the molecule is CC(CCl)CSc1ncnc2ccsc12. The van der Waals surface area contributed by atoms with Crippen LogP contribution in [0.1, 0.15) is 6.92 Å². The van der Waals surface area contributed by atoms with E-state index in [1.54, 1.807) is 29.4 Å². The van der Waals surface area contributed by atoms with Crippen molar-refractivity contribution in [2.75, 3.05) is 11.6 Å². The van der Waals surface area contributed by atoms with Crippen LogP contribution in [0.2, 0.25) is 0 Å². The average molecular weight is 259 g/mol. The highest BCUT2D eigenvalue weighted by Gasteiger charge is 2.07. The third kappa shape index (κ3) is 2.62. The number of fused-ring (bicyclic) bond motifs is 1. The second-order valence-electron chi connectivity index (χ2n) is 3.38. The van der Waals surface area contributed by atoms with Gasteiger partial charge in [-0.15, -0.1) is 34.7 Å². The van der Waals surface area contributed by atoms with Crippen molar-refractivity contribution in [2.24, 2.45) is 5.92 Å². The lowest BCUT2D eigenvalue weighted by atomic mass is 10.3. The normalized spacial score (nSPS) is 13.2. The molecule has 0 saturated heterocycles. The summed E-state index contributed by atoms with van der Waals surface area (Å²) in [5.41, 5.74) is 1.04. The van der Waals surface area contributed by atoms with Crippen LogP contribution in [0.5, 0.6) is 0 Å². The molecule has 0 spiro atoms. The molecule has 1 atom stereocenters. The van der Waals surface area contributed by atoms with Gasteiger partial charge in [-0.25, -0.2) is 9.97 Å². The molecule has 0 aliphatic heterocycles. The Labute approximate surface area is 102 Å². The molecule has 15 heavy (non-hydrogen) atoms. The molecule has 2 heterocycles. The highest BCUT2D eigenvalue weighted by Crippen LogP contribution is 2.29. The number of halogens is 1. The molecule has 0 aliphatic carbocycles. The summed E-state index contributed by atoms with van der Waals surface area (Å²) in [6.45, 7) is 2.15. The number of hydrogen-bond acceptors (Lipinski definition) is 4. The van der Waals surface area contributed by atoms with Crippen molar-refractivity contribution in [1.82, 2.24) is 9.97 Å². The first-order valence-corrected chi connectivity index (χ1v) is 7.08. The molecule has 0 amide bonds. The first-order chi connectivity index (χ1) is 7.31. The van der Waals surface area contributed by atoms with E-state index in [1.807, 2.05) is 11.4 Å². The van der Waals surface area contributed by atoms with E-state index in [1.165, 1.54) is 4.70 Å². The quantitative estimate of drug-likeness (QED) is 0.476. The molecular weight excluding hydrogens is 248 g/mol. The van der Waals surface area contributed by atoms with Gasteiger partial charge in [-0.05, 0) is 17.4 Å². The van der Waals surface area contributed by atoms with Gasteiger partial charge in [0.2, 0.25) is 0 Å². The monoisotopic (exact) mass is 258 g/mol. The fourth-order valence-corrected chi connectivity index (χ4v) is 3.34. The summed E-state index contributed by atoms with van der Waals surface area (Å²) in [5.74, 6) is 2.22. The first-order valence-electron chi connectivity index (χ1n) is 4.68. The van der Waals surface area contributed by atoms with Gasteiger partial charge in [-0.1, -0.05) is 6.92 Å². The van der Waals surface area contributed by atoms with Crippen molar-refractivity contribution in [3.05, 3.63) is 17.8 Å². The van der Waals surface area contributed by atoms with Crippen LogP contribution in [-0.4, -0.2) is 21.6 Å². The molecule has 2 nitrogen and oxygen atoms in total. The Bertz CT molecular complexity index is 444. The van der Waals surface area contributed by atoms with E-state index in [9.17, 15) is 0 Å². The molecule has 0 N–H and O–H groups in total. The summed E-state index contributed by atoms with van der Waals surface area (Å²) >= 11 is 9.23. The Morgan fingerprint density at radius 3 is 3.20 bits per heavy atom. The fourth-order valence-electron chi connectivity index (χ4n) is 1.13. The first kappa shape index (κ1) is 11.2. The summed E-state index contributed by atoms with van der Waals surface area (Å²) in [7, 11) is 0. The summed E-state index contributed by atoms with van der Waals surface area (Å²) in [6.07, 6.45) is 1.63. The molecule has 2 aromatic rings. The van der Waals surface area contributed by atoms with Crippen molar-refractivity contribution >= 4 is 44.9 Å². The van der Waals surface area contributed by atoms with E-state index < -0.39 is 0 Å². The molecule has 0 bridgehead atoms. The Hall–Kier alpha value is -0.320. The number of thioether (sulfide) groups is 1. The third-order valence-electron chi connectivity index (χ3n) is 1.98. The standard InChI is InChI=1S/C10H11ClN2S2/c1-7(4-11)5-15-10-9-8(2-3-14-9)12-6-13-10/h2-3,6-7H,4-5H2,1H3. The van der Waals surface area contributed by atoms with Crippen LogP contribution in [0.15, 0.2) is 22.8 Å². The number of rotatable bonds is 4. The molecule has 2 rings (SSSR count). The van der Waals surface area contributed by atoms with Crippen molar-refractivity contribution in [3.63, 3.8) is 0 Å². The van der Waals surface area contributed by atoms with E-state index in [0.29, 0.717) is 11.8 Å². The fraction of sp³-hybridized carbons (Fsp3) is 0.400. The number of thiophene rings is 1. The Morgan fingerprint density at radius 2 is 2.40 bits per heavy atom. The number of alkyl halides is 1. The molecule has 2 aromatic heterocycles. The zero-order valence-electron chi connectivity index (χ0n) is 8.31. The van der Waals surface area contributed by atoms with Crippen molar-refractivity contribution < 1.29 is 0 Å². The smallest absolute Gasteiger partial charge is 0.117 e. The highest BCUT2D eigenvalue weighted by atomic mass is 35.5. The van der Waals surface area contributed by atoms with Gasteiger partial charge < -0.3 is 0 Å². The number of aromatic nitrogens is 2. The second kappa shape index (κ2) is 5.14. The lowest BCUT2D eigenvalue weighted by molar-refractivity contribution is 0.758. The summed E-state index contributed by atoms with van der Waals surface area (Å²) in [4.78, 5) is 8.51. The van der Waals surface area contributed by atoms with E-state index in [0.717, 1.165) is 16.3 Å². The van der Waals surface area contributed by atoms with Crippen LogP contribution in [-0.2, 0) is 0 Å². The summed E-state index contributed by atoms with van der Waals surface area (Å²) < 4.78 is 1.18. The van der Waals surface area contributed by atoms with Gasteiger partial charge in [-0.2, -0.15) is 0 Å². The van der Waals surface area contributed by atoms with Crippen molar-refractivity contribution in [2.45, 2.75) is 11.9 Å². The minimum atomic E-state index is 0.515. The molecule has 5 heteroatoms. The molecule has 0 saturated carbocycles. The van der Waals surface area contributed by atoms with Gasteiger partial charge in [0.15, 0.2) is 0 Å². The molecule has 80 valence electrons. The predicted octanol–water partition coefficient (Wildman–Crippen LogP) is 3.66. The summed E-state index contributed by atoms with van der Waals surface area (Å²) in [5, 5.41) is 3.13. The average Bonchev–Trinajstić information content (AvgIpc) is 2.74. The van der Waals surface area contributed by atoms with Crippen LogP contribution in [0.3, 0.4) is 0 Å². The topological polar surface area (TPSA) is 25.8 Å². The van der Waals surface area contributed by atoms with Gasteiger partial charge in [0.25, 0.3) is 0 Å². The Balaban J connectivity index is 2.17. The van der Waals surface area contributed by atoms with Crippen LogP contribution in [0, 0.1) is 5.92 Å². The van der Waals surface area contributed by atoms with Gasteiger partial charge in [0.1, 0.15) is 11.4 Å². The Kier molecular flexibility index (Phi) is 3.83. The zero-order valence-corrected chi connectivity index (χ0v) is 10.7. The minimum absolute atomic E-state index is 0.515. The second-order valence-corrected chi connectivity index (χ2v) is 5.62. The number of hydrogen-bond donors (Lipinski definition) is 0. The molecule has 1 unspecified atom stereocenters. The van der Waals surface area contributed by atoms with Crippen LogP contribution in [0.4, 0.5) is 0 Å². The Morgan fingerprint density at radius 1 is 1.53 bits per heavy atom. The van der Waals surface area contributed by atoms with E-state index >= 15 is 0 Å². The van der Waals surface area contributed by atoms with E-state index in [4.69, 9.17) is 11.6 Å². The largest absolute Gasteiger partial charge is 0.235 e. The predicted molar refractivity (Wildman–Crippen MR) is 68.0 cm³/mol. The molecule has 0 fully saturated rings. The van der Waals surface area contributed by atoms with Crippen molar-refractivity contribution in [1.29, 1.82) is 0 Å². The minimum Gasteiger partial charge on any atom is -0.235 e. The maximum Gasteiger partial charge on any atom is 0.117 e. The zero-order chi connectivity index (χ0) is 10.7. The number of nitrogens with zero attached hydrogens (tertiary/aromatic N) is 2. The third-order valence-corrected chi connectivity index (χ3v) is 4.86. The maximum atomic E-state index is 5.77.